The Labute approximate surface area is 67.4 Å². The van der Waals surface area contributed by atoms with Gasteiger partial charge in [0.1, 0.15) is 0 Å². The number of benzene rings is 1. The zero-order valence-electron chi connectivity index (χ0n) is 6.80. The standard InChI is InChI=1S/C9H14N2/c1-11-7-6-8-4-2-3-5-9(8)10/h2-5,11H,6-7,10H2,1H3. The summed E-state index contributed by atoms with van der Waals surface area (Å²) in [4.78, 5) is 0. The lowest BCUT2D eigenvalue weighted by atomic mass is 10.1. The van der Waals surface area contributed by atoms with Gasteiger partial charge in [-0.05, 0) is 31.6 Å². The number of rotatable bonds is 3. The van der Waals surface area contributed by atoms with Gasteiger partial charge >= 0.3 is 0 Å². The van der Waals surface area contributed by atoms with Crippen molar-refractivity contribution in [1.29, 1.82) is 0 Å². The Balaban J connectivity index is 2.62. The molecule has 0 aliphatic carbocycles. The van der Waals surface area contributed by atoms with Crippen LogP contribution in [0, 0.1) is 0 Å². The van der Waals surface area contributed by atoms with Gasteiger partial charge in [0, 0.05) is 5.69 Å². The van der Waals surface area contributed by atoms with E-state index in [0.717, 1.165) is 18.7 Å². The highest BCUT2D eigenvalue weighted by Crippen LogP contribution is 2.09. The fourth-order valence-electron chi connectivity index (χ4n) is 1.02. The summed E-state index contributed by atoms with van der Waals surface area (Å²) in [6.45, 7) is 0.980. The second kappa shape index (κ2) is 3.98. The quantitative estimate of drug-likeness (QED) is 0.632. The van der Waals surface area contributed by atoms with Crippen LogP contribution < -0.4 is 11.1 Å². The molecule has 0 aromatic heterocycles. The first kappa shape index (κ1) is 8.08. The van der Waals surface area contributed by atoms with Crippen LogP contribution in [0.5, 0.6) is 0 Å². The minimum Gasteiger partial charge on any atom is -0.399 e. The van der Waals surface area contributed by atoms with Crippen LogP contribution in [0.2, 0.25) is 0 Å². The molecule has 3 N–H and O–H groups in total. The van der Waals surface area contributed by atoms with Gasteiger partial charge in [-0.3, -0.25) is 0 Å². The van der Waals surface area contributed by atoms with Gasteiger partial charge in [-0.15, -0.1) is 0 Å². The normalized spacial score (nSPS) is 9.91. The second-order valence-electron chi connectivity index (χ2n) is 2.55. The predicted octanol–water partition coefficient (Wildman–Crippen LogP) is 1.03. The first-order valence-electron chi connectivity index (χ1n) is 3.82. The van der Waals surface area contributed by atoms with Gasteiger partial charge in [0.2, 0.25) is 0 Å². The number of nitrogen functional groups attached to an aromatic ring is 1. The molecule has 0 bridgehead atoms. The summed E-state index contributed by atoms with van der Waals surface area (Å²) < 4.78 is 0. The lowest BCUT2D eigenvalue weighted by Gasteiger charge is -2.03. The van der Waals surface area contributed by atoms with Crippen LogP contribution in [0.15, 0.2) is 24.3 Å². The molecule has 0 unspecified atom stereocenters. The molecule has 0 amide bonds. The number of anilines is 1. The van der Waals surface area contributed by atoms with E-state index in [1.54, 1.807) is 0 Å². The van der Waals surface area contributed by atoms with Gasteiger partial charge in [0.25, 0.3) is 0 Å². The summed E-state index contributed by atoms with van der Waals surface area (Å²) >= 11 is 0. The average molecular weight is 150 g/mol. The molecule has 0 radical (unpaired) electrons. The molecule has 0 spiro atoms. The van der Waals surface area contributed by atoms with E-state index in [1.807, 2.05) is 25.2 Å². The Morgan fingerprint density at radius 1 is 1.36 bits per heavy atom. The lowest BCUT2D eigenvalue weighted by Crippen LogP contribution is -2.11. The molecule has 1 aromatic rings. The number of hydrogen-bond donors (Lipinski definition) is 2. The SMILES string of the molecule is CNCCc1ccccc1N. The summed E-state index contributed by atoms with van der Waals surface area (Å²) in [7, 11) is 1.94. The Hall–Kier alpha value is -1.02. The first-order chi connectivity index (χ1) is 5.34. The predicted molar refractivity (Wildman–Crippen MR) is 48.5 cm³/mol. The van der Waals surface area contributed by atoms with Crippen molar-refractivity contribution in [3.8, 4) is 0 Å². The van der Waals surface area contributed by atoms with Crippen molar-refractivity contribution in [2.45, 2.75) is 6.42 Å². The van der Waals surface area contributed by atoms with Crippen molar-refractivity contribution in [3.05, 3.63) is 29.8 Å². The summed E-state index contributed by atoms with van der Waals surface area (Å²) in [5.41, 5.74) is 7.85. The number of hydrogen-bond acceptors (Lipinski definition) is 2. The second-order valence-corrected chi connectivity index (χ2v) is 2.55. The molecule has 0 saturated carbocycles. The van der Waals surface area contributed by atoms with E-state index in [2.05, 4.69) is 11.4 Å². The fraction of sp³-hybridized carbons (Fsp3) is 0.333. The highest BCUT2D eigenvalue weighted by atomic mass is 14.8. The zero-order valence-corrected chi connectivity index (χ0v) is 6.80. The van der Waals surface area contributed by atoms with Crippen molar-refractivity contribution >= 4 is 5.69 Å². The van der Waals surface area contributed by atoms with Crippen molar-refractivity contribution < 1.29 is 0 Å². The van der Waals surface area contributed by atoms with E-state index in [9.17, 15) is 0 Å². The maximum Gasteiger partial charge on any atom is 0.0347 e. The molecular weight excluding hydrogens is 136 g/mol. The minimum atomic E-state index is 0.891. The first-order valence-corrected chi connectivity index (χ1v) is 3.82. The van der Waals surface area contributed by atoms with Gasteiger partial charge in [0.15, 0.2) is 0 Å². The fourth-order valence-corrected chi connectivity index (χ4v) is 1.02. The van der Waals surface area contributed by atoms with E-state index < -0.39 is 0 Å². The molecule has 0 heterocycles. The number of nitrogens with two attached hydrogens (primary N) is 1. The van der Waals surface area contributed by atoms with E-state index in [4.69, 9.17) is 5.73 Å². The topological polar surface area (TPSA) is 38.0 Å². The Morgan fingerprint density at radius 2 is 2.09 bits per heavy atom. The van der Waals surface area contributed by atoms with Crippen molar-refractivity contribution in [2.75, 3.05) is 19.3 Å². The maximum atomic E-state index is 5.73. The maximum absolute atomic E-state index is 5.73. The minimum absolute atomic E-state index is 0.891. The van der Waals surface area contributed by atoms with E-state index in [-0.39, 0.29) is 0 Å². The zero-order chi connectivity index (χ0) is 8.10. The number of para-hydroxylation sites is 1. The average Bonchev–Trinajstić information content (AvgIpc) is 2.03. The van der Waals surface area contributed by atoms with Gasteiger partial charge < -0.3 is 11.1 Å². The molecule has 0 saturated heterocycles. The van der Waals surface area contributed by atoms with Crippen LogP contribution in [0.3, 0.4) is 0 Å². The molecule has 2 heteroatoms. The molecule has 0 aliphatic heterocycles. The smallest absolute Gasteiger partial charge is 0.0347 e. The van der Waals surface area contributed by atoms with Crippen molar-refractivity contribution in [3.63, 3.8) is 0 Å². The van der Waals surface area contributed by atoms with Gasteiger partial charge in [-0.2, -0.15) is 0 Å². The Bertz CT molecular complexity index is 221. The highest BCUT2D eigenvalue weighted by molar-refractivity contribution is 5.46. The van der Waals surface area contributed by atoms with E-state index >= 15 is 0 Å². The van der Waals surface area contributed by atoms with Gasteiger partial charge in [-0.1, -0.05) is 18.2 Å². The van der Waals surface area contributed by atoms with Crippen molar-refractivity contribution in [1.82, 2.24) is 5.32 Å². The number of likely N-dealkylation sites (N-methyl/N-ethyl adjacent to an activating group) is 1. The monoisotopic (exact) mass is 150 g/mol. The van der Waals surface area contributed by atoms with Crippen LogP contribution in [0.4, 0.5) is 5.69 Å². The van der Waals surface area contributed by atoms with Crippen LogP contribution in [0.1, 0.15) is 5.56 Å². The van der Waals surface area contributed by atoms with E-state index in [0.29, 0.717) is 0 Å². The Kier molecular flexibility index (Phi) is 2.93. The van der Waals surface area contributed by atoms with Crippen molar-refractivity contribution in [2.24, 2.45) is 0 Å². The molecule has 0 aliphatic rings. The molecule has 1 rings (SSSR count). The summed E-state index contributed by atoms with van der Waals surface area (Å²) in [5.74, 6) is 0. The third kappa shape index (κ3) is 2.24. The van der Waals surface area contributed by atoms with Gasteiger partial charge in [-0.25, -0.2) is 0 Å². The third-order valence-electron chi connectivity index (χ3n) is 1.70. The molecule has 60 valence electrons. The largest absolute Gasteiger partial charge is 0.399 e. The third-order valence-corrected chi connectivity index (χ3v) is 1.70. The van der Waals surface area contributed by atoms with Crippen LogP contribution in [-0.2, 0) is 6.42 Å². The summed E-state index contributed by atoms with van der Waals surface area (Å²) in [6, 6.07) is 7.97. The molecule has 11 heavy (non-hydrogen) atoms. The molecule has 2 nitrogen and oxygen atoms in total. The molecule has 0 fully saturated rings. The Morgan fingerprint density at radius 3 is 2.73 bits per heavy atom. The molecule has 1 aromatic carbocycles. The van der Waals surface area contributed by atoms with Gasteiger partial charge in [0.05, 0.1) is 0 Å². The number of nitrogens with one attached hydrogen (secondary N) is 1. The highest BCUT2D eigenvalue weighted by Gasteiger charge is 1.94. The lowest BCUT2D eigenvalue weighted by molar-refractivity contribution is 0.793. The summed E-state index contributed by atoms with van der Waals surface area (Å²) in [6.07, 6.45) is 1.00. The summed E-state index contributed by atoms with van der Waals surface area (Å²) in [5, 5.41) is 3.09. The van der Waals surface area contributed by atoms with Crippen LogP contribution in [-0.4, -0.2) is 13.6 Å². The molecule has 0 atom stereocenters. The molecular formula is C9H14N2. The van der Waals surface area contributed by atoms with Crippen LogP contribution in [0.25, 0.3) is 0 Å². The van der Waals surface area contributed by atoms with E-state index in [1.165, 1.54) is 5.56 Å². The van der Waals surface area contributed by atoms with Crippen LogP contribution >= 0.6 is 0 Å².